The van der Waals surface area contributed by atoms with Gasteiger partial charge in [0.05, 0.1) is 12.8 Å². The van der Waals surface area contributed by atoms with Crippen LogP contribution in [0.3, 0.4) is 0 Å². The number of fused-ring (bicyclic) bond motifs is 1. The summed E-state index contributed by atoms with van der Waals surface area (Å²) in [5.41, 5.74) is 4.20. The summed E-state index contributed by atoms with van der Waals surface area (Å²) in [5, 5.41) is 13.3. The summed E-state index contributed by atoms with van der Waals surface area (Å²) >= 11 is 0. The summed E-state index contributed by atoms with van der Waals surface area (Å²) in [7, 11) is 1.41. The lowest BCUT2D eigenvalue weighted by Gasteiger charge is -2.07. The van der Waals surface area contributed by atoms with E-state index in [2.05, 4.69) is 15.1 Å². The van der Waals surface area contributed by atoms with Crippen LogP contribution in [0.1, 0.15) is 22.8 Å². The number of nitrogens with zero attached hydrogens (tertiary/aromatic N) is 4. The number of aliphatic carboxylic acids is 1. The molecule has 4 aromatic rings. The summed E-state index contributed by atoms with van der Waals surface area (Å²) < 4.78 is 25.8. The van der Waals surface area contributed by atoms with E-state index in [1.54, 1.807) is 22.9 Å². The predicted octanol–water partition coefficient (Wildman–Crippen LogP) is 3.72. The molecular formula is C22H21FN4O4. The van der Waals surface area contributed by atoms with Gasteiger partial charge in [0, 0.05) is 23.7 Å². The number of carbonyl (C=O) groups is 1. The molecule has 0 aliphatic carbocycles. The van der Waals surface area contributed by atoms with Crippen LogP contribution < -0.4 is 4.74 Å². The third-order valence-electron chi connectivity index (χ3n) is 5.13. The van der Waals surface area contributed by atoms with Crippen LogP contribution in [0, 0.1) is 19.7 Å². The van der Waals surface area contributed by atoms with Gasteiger partial charge in [0.15, 0.2) is 17.2 Å². The van der Waals surface area contributed by atoms with Crippen molar-refractivity contribution in [3.05, 3.63) is 59.1 Å². The van der Waals surface area contributed by atoms with E-state index >= 15 is 0 Å². The summed E-state index contributed by atoms with van der Waals surface area (Å²) in [6, 6.07) is 6.61. The zero-order valence-electron chi connectivity index (χ0n) is 17.3. The molecule has 3 heterocycles. The number of carboxylic acids is 1. The number of methoxy groups -OCH3 is 1. The Bertz CT molecular complexity index is 1260. The summed E-state index contributed by atoms with van der Waals surface area (Å²) in [6.45, 7) is 3.40. The van der Waals surface area contributed by atoms with Crippen molar-refractivity contribution in [1.82, 2.24) is 19.7 Å². The molecule has 0 saturated carbocycles. The maximum Gasteiger partial charge on any atom is 0.323 e. The molecule has 0 aliphatic heterocycles. The van der Waals surface area contributed by atoms with Crippen LogP contribution in [0.15, 0.2) is 35.0 Å². The van der Waals surface area contributed by atoms with E-state index in [0.717, 1.165) is 22.4 Å². The molecule has 31 heavy (non-hydrogen) atoms. The Morgan fingerprint density at radius 3 is 2.71 bits per heavy atom. The van der Waals surface area contributed by atoms with Crippen molar-refractivity contribution in [2.45, 2.75) is 33.2 Å². The number of rotatable bonds is 7. The van der Waals surface area contributed by atoms with Crippen LogP contribution in [0.5, 0.6) is 5.75 Å². The van der Waals surface area contributed by atoms with Gasteiger partial charge in [0.1, 0.15) is 23.6 Å². The van der Waals surface area contributed by atoms with Crippen molar-refractivity contribution in [3.63, 3.8) is 0 Å². The van der Waals surface area contributed by atoms with Crippen molar-refractivity contribution in [2.24, 2.45) is 0 Å². The average molecular weight is 424 g/mol. The molecule has 4 rings (SSSR count). The number of hydrogen-bond donors (Lipinski definition) is 1. The number of hydrogen-bond acceptors (Lipinski definition) is 6. The number of carboxylic acid groups (broad SMARTS) is 1. The molecule has 1 aromatic carbocycles. The van der Waals surface area contributed by atoms with Crippen LogP contribution in [-0.2, 0) is 24.2 Å². The zero-order chi connectivity index (χ0) is 22.1. The highest BCUT2D eigenvalue weighted by Crippen LogP contribution is 2.29. The van der Waals surface area contributed by atoms with E-state index in [9.17, 15) is 14.3 Å². The standard InChI is InChI=1S/C22H21FN4O4/c1-12-21(13(2)31-26-12)15-9-17-22(24-10-15)27(11-20(28)29)19(25-17)7-5-14-4-6-18(30-3)16(23)8-14/h4,6,8-10H,5,7,11H2,1-3H3,(H,28,29). The van der Waals surface area contributed by atoms with Crippen LogP contribution in [0.4, 0.5) is 4.39 Å². The molecule has 0 radical (unpaired) electrons. The molecule has 0 saturated heterocycles. The van der Waals surface area contributed by atoms with Crippen LogP contribution >= 0.6 is 0 Å². The smallest absolute Gasteiger partial charge is 0.323 e. The Morgan fingerprint density at radius 2 is 2.06 bits per heavy atom. The van der Waals surface area contributed by atoms with E-state index in [4.69, 9.17) is 9.26 Å². The topological polar surface area (TPSA) is 103 Å². The highest BCUT2D eigenvalue weighted by Gasteiger charge is 2.18. The van der Waals surface area contributed by atoms with Crippen LogP contribution in [0.25, 0.3) is 22.3 Å². The summed E-state index contributed by atoms with van der Waals surface area (Å²) in [5.74, 6) is -0.0159. The van der Waals surface area contributed by atoms with Gasteiger partial charge in [-0.15, -0.1) is 0 Å². The van der Waals surface area contributed by atoms with Crippen molar-refractivity contribution in [2.75, 3.05) is 7.11 Å². The summed E-state index contributed by atoms with van der Waals surface area (Å²) in [6.07, 6.45) is 2.58. The van der Waals surface area contributed by atoms with E-state index in [-0.39, 0.29) is 12.3 Å². The first-order valence-corrected chi connectivity index (χ1v) is 9.70. The minimum Gasteiger partial charge on any atom is -0.494 e. The first-order chi connectivity index (χ1) is 14.9. The maximum absolute atomic E-state index is 14.0. The lowest BCUT2D eigenvalue weighted by atomic mass is 10.1. The van der Waals surface area contributed by atoms with Gasteiger partial charge in [-0.3, -0.25) is 4.79 Å². The van der Waals surface area contributed by atoms with Gasteiger partial charge in [-0.1, -0.05) is 11.2 Å². The Kier molecular flexibility index (Phi) is 5.41. The average Bonchev–Trinajstić information content (AvgIpc) is 3.24. The molecule has 9 heteroatoms. The van der Waals surface area contributed by atoms with E-state index in [0.29, 0.717) is 35.6 Å². The quantitative estimate of drug-likeness (QED) is 0.482. The number of halogens is 1. The Balaban J connectivity index is 1.69. The van der Waals surface area contributed by atoms with Gasteiger partial charge in [-0.2, -0.15) is 0 Å². The molecule has 0 unspecified atom stereocenters. The Labute approximate surface area is 177 Å². The van der Waals surface area contributed by atoms with Gasteiger partial charge in [0.2, 0.25) is 0 Å². The number of aryl methyl sites for hydroxylation is 4. The lowest BCUT2D eigenvalue weighted by molar-refractivity contribution is -0.137. The lowest BCUT2D eigenvalue weighted by Crippen LogP contribution is -2.13. The van der Waals surface area contributed by atoms with Crippen molar-refractivity contribution < 1.29 is 23.6 Å². The predicted molar refractivity (Wildman–Crippen MR) is 110 cm³/mol. The monoisotopic (exact) mass is 424 g/mol. The molecular weight excluding hydrogens is 403 g/mol. The van der Waals surface area contributed by atoms with Gasteiger partial charge in [-0.25, -0.2) is 14.4 Å². The second-order valence-corrected chi connectivity index (χ2v) is 7.24. The fourth-order valence-electron chi connectivity index (χ4n) is 3.70. The van der Waals surface area contributed by atoms with Crippen molar-refractivity contribution >= 4 is 17.1 Å². The SMILES string of the molecule is COc1ccc(CCc2nc3cc(-c4c(C)noc4C)cnc3n2CC(=O)O)cc1F. The molecule has 0 spiro atoms. The Hall–Kier alpha value is -3.75. The fourth-order valence-corrected chi connectivity index (χ4v) is 3.70. The van der Waals surface area contributed by atoms with Gasteiger partial charge < -0.3 is 18.9 Å². The molecule has 0 amide bonds. The summed E-state index contributed by atoms with van der Waals surface area (Å²) in [4.78, 5) is 20.5. The molecule has 0 aliphatic rings. The first-order valence-electron chi connectivity index (χ1n) is 9.70. The zero-order valence-corrected chi connectivity index (χ0v) is 17.3. The number of aromatic nitrogens is 4. The number of ether oxygens (including phenoxy) is 1. The van der Waals surface area contributed by atoms with Crippen LogP contribution in [-0.4, -0.2) is 37.9 Å². The molecule has 0 fully saturated rings. The van der Waals surface area contributed by atoms with Gasteiger partial charge in [-0.05, 0) is 44.0 Å². The first kappa shape index (κ1) is 20.5. The molecule has 1 N–H and O–H groups in total. The maximum atomic E-state index is 14.0. The molecule has 3 aromatic heterocycles. The highest BCUT2D eigenvalue weighted by atomic mass is 19.1. The van der Waals surface area contributed by atoms with Gasteiger partial charge in [0.25, 0.3) is 0 Å². The van der Waals surface area contributed by atoms with E-state index in [1.807, 2.05) is 19.9 Å². The Morgan fingerprint density at radius 1 is 1.26 bits per heavy atom. The molecule has 0 bridgehead atoms. The number of benzene rings is 1. The van der Waals surface area contributed by atoms with Crippen molar-refractivity contribution in [3.8, 4) is 16.9 Å². The second-order valence-electron chi connectivity index (χ2n) is 7.24. The van der Waals surface area contributed by atoms with Gasteiger partial charge >= 0.3 is 5.97 Å². The van der Waals surface area contributed by atoms with Crippen LogP contribution in [0.2, 0.25) is 0 Å². The van der Waals surface area contributed by atoms with E-state index < -0.39 is 11.8 Å². The second kappa shape index (κ2) is 8.17. The van der Waals surface area contributed by atoms with Crippen molar-refractivity contribution in [1.29, 1.82) is 0 Å². The number of pyridine rings is 1. The normalized spacial score (nSPS) is 11.2. The molecule has 0 atom stereocenters. The number of imidazole rings is 1. The minimum absolute atomic E-state index is 0.179. The largest absolute Gasteiger partial charge is 0.494 e. The fraction of sp³-hybridized carbons (Fsp3) is 0.273. The third kappa shape index (κ3) is 3.98. The van der Waals surface area contributed by atoms with E-state index in [1.165, 1.54) is 13.2 Å². The highest BCUT2D eigenvalue weighted by molar-refractivity contribution is 5.81. The minimum atomic E-state index is -0.993. The molecule has 160 valence electrons. The molecule has 8 nitrogen and oxygen atoms in total. The third-order valence-corrected chi connectivity index (χ3v) is 5.13.